The molecule has 5 nitrogen and oxygen atoms in total. The highest BCUT2D eigenvalue weighted by Gasteiger charge is 2.41. The number of hydrogen-bond acceptors (Lipinski definition) is 3. The van der Waals surface area contributed by atoms with Crippen LogP contribution in [0.3, 0.4) is 0 Å². The van der Waals surface area contributed by atoms with Crippen LogP contribution in [0, 0.1) is 5.41 Å². The van der Waals surface area contributed by atoms with E-state index in [9.17, 15) is 9.59 Å². The first-order chi connectivity index (χ1) is 9.44. The molecule has 0 bridgehead atoms. The van der Waals surface area contributed by atoms with E-state index in [1.165, 1.54) is 0 Å². The van der Waals surface area contributed by atoms with Gasteiger partial charge in [-0.3, -0.25) is 9.59 Å². The van der Waals surface area contributed by atoms with Crippen molar-refractivity contribution in [2.45, 2.75) is 19.8 Å². The molecule has 1 aliphatic heterocycles. The summed E-state index contributed by atoms with van der Waals surface area (Å²) in [6, 6.07) is 7.31. The van der Waals surface area contributed by atoms with Gasteiger partial charge in [-0.25, -0.2) is 0 Å². The normalized spacial score (nSPS) is 21.8. The zero-order chi connectivity index (χ0) is 14.8. The standard InChI is InChI=1S/C15H21N3O2/c1-15(14(20)17-2)7-8-18(10-15)13(19)9-11-3-5-12(16)6-4-11/h3-6H,7-10,16H2,1-2H3,(H,17,20). The van der Waals surface area contributed by atoms with Gasteiger partial charge in [0.2, 0.25) is 11.8 Å². The number of amides is 2. The van der Waals surface area contributed by atoms with Crippen LogP contribution >= 0.6 is 0 Å². The predicted octanol–water partition coefficient (Wildman–Crippen LogP) is 0.796. The number of nitrogens with two attached hydrogens (primary N) is 1. The third kappa shape index (κ3) is 2.92. The van der Waals surface area contributed by atoms with Crippen molar-refractivity contribution in [2.75, 3.05) is 25.9 Å². The minimum atomic E-state index is -0.467. The fourth-order valence-electron chi connectivity index (χ4n) is 2.58. The maximum atomic E-state index is 12.3. The minimum Gasteiger partial charge on any atom is -0.399 e. The van der Waals surface area contributed by atoms with Crippen molar-refractivity contribution in [3.8, 4) is 0 Å². The molecule has 0 radical (unpaired) electrons. The van der Waals surface area contributed by atoms with E-state index in [2.05, 4.69) is 5.32 Å². The fourth-order valence-corrected chi connectivity index (χ4v) is 2.58. The van der Waals surface area contributed by atoms with E-state index in [0.717, 1.165) is 5.56 Å². The van der Waals surface area contributed by atoms with E-state index in [-0.39, 0.29) is 11.8 Å². The van der Waals surface area contributed by atoms with Gasteiger partial charge in [0.25, 0.3) is 0 Å². The number of carbonyl (C=O) groups excluding carboxylic acids is 2. The van der Waals surface area contributed by atoms with Gasteiger partial charge in [-0.2, -0.15) is 0 Å². The highest BCUT2D eigenvalue weighted by Crippen LogP contribution is 2.30. The number of likely N-dealkylation sites (tertiary alicyclic amines) is 1. The van der Waals surface area contributed by atoms with Gasteiger partial charge >= 0.3 is 0 Å². The Morgan fingerprint density at radius 2 is 2.00 bits per heavy atom. The molecule has 1 aromatic rings. The molecule has 1 atom stereocenters. The van der Waals surface area contributed by atoms with Crippen molar-refractivity contribution < 1.29 is 9.59 Å². The summed E-state index contributed by atoms with van der Waals surface area (Å²) in [7, 11) is 1.63. The minimum absolute atomic E-state index is 0.000264. The lowest BCUT2D eigenvalue weighted by Gasteiger charge is -2.22. The average molecular weight is 275 g/mol. The summed E-state index contributed by atoms with van der Waals surface area (Å²) in [4.78, 5) is 25.9. The quantitative estimate of drug-likeness (QED) is 0.801. The number of carbonyl (C=O) groups is 2. The van der Waals surface area contributed by atoms with Gasteiger partial charge < -0.3 is 16.0 Å². The number of rotatable bonds is 3. The van der Waals surface area contributed by atoms with Crippen LogP contribution < -0.4 is 11.1 Å². The number of nitrogens with zero attached hydrogens (tertiary/aromatic N) is 1. The smallest absolute Gasteiger partial charge is 0.227 e. The molecule has 1 heterocycles. The number of hydrogen-bond donors (Lipinski definition) is 2. The molecular formula is C15H21N3O2. The third-order valence-electron chi connectivity index (χ3n) is 3.94. The number of anilines is 1. The van der Waals surface area contributed by atoms with Crippen LogP contribution in [0.5, 0.6) is 0 Å². The average Bonchev–Trinajstić information content (AvgIpc) is 2.84. The lowest BCUT2D eigenvalue weighted by molar-refractivity contribution is -0.132. The molecule has 1 fully saturated rings. The number of nitrogen functional groups attached to an aromatic ring is 1. The number of nitrogens with one attached hydrogen (secondary N) is 1. The highest BCUT2D eigenvalue weighted by atomic mass is 16.2. The van der Waals surface area contributed by atoms with Crippen LogP contribution in [0.25, 0.3) is 0 Å². The molecule has 2 rings (SSSR count). The van der Waals surface area contributed by atoms with Crippen LogP contribution in [0.1, 0.15) is 18.9 Å². The topological polar surface area (TPSA) is 75.4 Å². The lowest BCUT2D eigenvalue weighted by Crippen LogP contribution is -2.40. The monoisotopic (exact) mass is 275 g/mol. The summed E-state index contributed by atoms with van der Waals surface area (Å²) in [6.45, 7) is 3.03. The van der Waals surface area contributed by atoms with Gasteiger partial charge in [-0.05, 0) is 31.0 Å². The summed E-state index contributed by atoms with van der Waals surface area (Å²) < 4.78 is 0. The molecule has 1 saturated heterocycles. The van der Waals surface area contributed by atoms with E-state index >= 15 is 0 Å². The molecule has 0 aromatic heterocycles. The Bertz CT molecular complexity index is 512. The van der Waals surface area contributed by atoms with Crippen LogP contribution in [0.15, 0.2) is 24.3 Å². The Labute approximate surface area is 119 Å². The van der Waals surface area contributed by atoms with Crippen LogP contribution in [-0.4, -0.2) is 36.9 Å². The maximum absolute atomic E-state index is 12.3. The summed E-state index contributed by atoms with van der Waals surface area (Å²) in [5, 5.41) is 2.67. The summed E-state index contributed by atoms with van der Waals surface area (Å²) in [6.07, 6.45) is 1.06. The zero-order valence-electron chi connectivity index (χ0n) is 12.0. The van der Waals surface area contributed by atoms with Crippen molar-refractivity contribution in [1.29, 1.82) is 0 Å². The largest absolute Gasteiger partial charge is 0.399 e. The molecule has 0 saturated carbocycles. The second-order valence-electron chi connectivity index (χ2n) is 5.62. The van der Waals surface area contributed by atoms with Gasteiger partial charge in [0.05, 0.1) is 11.8 Å². The first-order valence-electron chi connectivity index (χ1n) is 6.79. The summed E-state index contributed by atoms with van der Waals surface area (Å²) in [5.74, 6) is 0.0580. The molecule has 0 aliphatic carbocycles. The Morgan fingerprint density at radius 1 is 1.35 bits per heavy atom. The Morgan fingerprint density at radius 3 is 2.60 bits per heavy atom. The van der Waals surface area contributed by atoms with Crippen molar-refractivity contribution in [2.24, 2.45) is 5.41 Å². The van der Waals surface area contributed by atoms with Crippen LogP contribution in [-0.2, 0) is 16.0 Å². The fraction of sp³-hybridized carbons (Fsp3) is 0.467. The van der Waals surface area contributed by atoms with Gasteiger partial charge in [-0.1, -0.05) is 12.1 Å². The molecule has 2 amide bonds. The van der Waals surface area contributed by atoms with Crippen LogP contribution in [0.4, 0.5) is 5.69 Å². The van der Waals surface area contributed by atoms with Gasteiger partial charge in [0.1, 0.15) is 0 Å². The van der Waals surface area contributed by atoms with Crippen molar-refractivity contribution in [1.82, 2.24) is 10.2 Å². The molecule has 0 spiro atoms. The maximum Gasteiger partial charge on any atom is 0.227 e. The van der Waals surface area contributed by atoms with Crippen molar-refractivity contribution >= 4 is 17.5 Å². The van der Waals surface area contributed by atoms with Crippen molar-refractivity contribution in [3.05, 3.63) is 29.8 Å². The van der Waals surface area contributed by atoms with E-state index in [1.54, 1.807) is 24.1 Å². The molecular weight excluding hydrogens is 254 g/mol. The van der Waals surface area contributed by atoms with E-state index in [1.807, 2.05) is 19.1 Å². The summed E-state index contributed by atoms with van der Waals surface area (Å²) in [5.41, 5.74) is 6.79. The second kappa shape index (κ2) is 5.53. The molecule has 108 valence electrons. The third-order valence-corrected chi connectivity index (χ3v) is 3.94. The van der Waals surface area contributed by atoms with Crippen molar-refractivity contribution in [3.63, 3.8) is 0 Å². The highest BCUT2D eigenvalue weighted by molar-refractivity contribution is 5.85. The molecule has 1 aliphatic rings. The lowest BCUT2D eigenvalue weighted by atomic mass is 9.89. The SMILES string of the molecule is CNC(=O)C1(C)CCN(C(=O)Cc2ccc(N)cc2)C1. The molecule has 1 aromatic carbocycles. The van der Waals surface area contributed by atoms with Gasteiger partial charge in [0.15, 0.2) is 0 Å². The first-order valence-corrected chi connectivity index (χ1v) is 6.79. The predicted molar refractivity (Wildman–Crippen MR) is 77.9 cm³/mol. The van der Waals surface area contributed by atoms with Gasteiger partial charge in [0, 0.05) is 25.8 Å². The van der Waals surface area contributed by atoms with E-state index < -0.39 is 5.41 Å². The molecule has 5 heteroatoms. The van der Waals surface area contributed by atoms with E-state index in [0.29, 0.717) is 31.6 Å². The summed E-state index contributed by atoms with van der Waals surface area (Å²) >= 11 is 0. The Hall–Kier alpha value is -2.04. The number of benzene rings is 1. The van der Waals surface area contributed by atoms with Gasteiger partial charge in [-0.15, -0.1) is 0 Å². The molecule has 20 heavy (non-hydrogen) atoms. The Balaban J connectivity index is 1.98. The van der Waals surface area contributed by atoms with E-state index in [4.69, 9.17) is 5.73 Å². The molecule has 1 unspecified atom stereocenters. The zero-order valence-corrected chi connectivity index (χ0v) is 12.0. The first kappa shape index (κ1) is 14.4. The molecule has 3 N–H and O–H groups in total. The van der Waals surface area contributed by atoms with Crippen LogP contribution in [0.2, 0.25) is 0 Å². The Kier molecular flexibility index (Phi) is 3.97. The second-order valence-corrected chi connectivity index (χ2v) is 5.62.